The highest BCUT2D eigenvalue weighted by Crippen LogP contribution is 2.30. The molecule has 0 saturated carbocycles. The Morgan fingerprint density at radius 3 is 2.68 bits per heavy atom. The second kappa shape index (κ2) is 7.62. The monoisotopic (exact) mass is 418 g/mol. The molecule has 6 nitrogen and oxygen atoms in total. The quantitative estimate of drug-likeness (QED) is 0.496. The molecule has 0 atom stereocenters. The van der Waals surface area contributed by atoms with Gasteiger partial charge < -0.3 is 9.47 Å². The molecule has 0 bridgehead atoms. The van der Waals surface area contributed by atoms with Crippen molar-refractivity contribution >= 4 is 34.4 Å². The Hall–Kier alpha value is -2.45. The summed E-state index contributed by atoms with van der Waals surface area (Å²) in [6, 6.07) is 13.3. The van der Waals surface area contributed by atoms with Gasteiger partial charge in [0.2, 0.25) is 4.77 Å². The summed E-state index contributed by atoms with van der Waals surface area (Å²) in [5.74, 6) is 1.84. The maximum absolute atomic E-state index is 5.42. The van der Waals surface area contributed by atoms with Gasteiger partial charge in [0.1, 0.15) is 0 Å². The number of methoxy groups -OCH3 is 2. The molecule has 2 aromatic carbocycles. The van der Waals surface area contributed by atoms with Crippen molar-refractivity contribution in [3.05, 3.63) is 57.3 Å². The van der Waals surface area contributed by atoms with E-state index in [1.807, 2.05) is 42.5 Å². The van der Waals surface area contributed by atoms with Crippen LogP contribution in [0.5, 0.6) is 11.5 Å². The molecule has 3 rings (SSSR count). The summed E-state index contributed by atoms with van der Waals surface area (Å²) in [6.45, 7) is 0. The smallest absolute Gasteiger partial charge is 0.216 e. The maximum atomic E-state index is 5.42. The lowest BCUT2D eigenvalue weighted by Gasteiger charge is -2.09. The van der Waals surface area contributed by atoms with Crippen molar-refractivity contribution < 1.29 is 9.47 Å². The van der Waals surface area contributed by atoms with E-state index in [1.54, 1.807) is 25.1 Å². The summed E-state index contributed by atoms with van der Waals surface area (Å²) < 4.78 is 13.6. The van der Waals surface area contributed by atoms with Crippen LogP contribution in [-0.2, 0) is 0 Å². The standard InChI is InChI=1S/C17H15BrN4O2S/c1-23-14-9-5-6-11(15(14)24-2)10-19-22-16(20-21-17(22)25)12-7-3-4-8-13(12)18/h3-10H,1-2H3,(H,21,25). The van der Waals surface area contributed by atoms with Crippen molar-refractivity contribution in [1.29, 1.82) is 0 Å². The van der Waals surface area contributed by atoms with E-state index in [2.05, 4.69) is 31.2 Å². The Bertz CT molecular complexity index is 981. The first-order chi connectivity index (χ1) is 12.2. The number of benzene rings is 2. The molecule has 0 spiro atoms. The van der Waals surface area contributed by atoms with Crippen molar-refractivity contribution in [3.8, 4) is 22.9 Å². The van der Waals surface area contributed by atoms with E-state index in [1.165, 1.54) is 0 Å². The first-order valence-corrected chi connectivity index (χ1v) is 8.53. The largest absolute Gasteiger partial charge is 0.493 e. The number of para-hydroxylation sites is 1. The average Bonchev–Trinajstić information content (AvgIpc) is 3.00. The molecular weight excluding hydrogens is 404 g/mol. The SMILES string of the molecule is COc1cccc(C=Nn2c(-c3ccccc3Br)n[nH]c2=S)c1OC. The molecule has 1 aromatic heterocycles. The van der Waals surface area contributed by atoms with Gasteiger partial charge in [-0.25, -0.2) is 5.10 Å². The third-order valence-electron chi connectivity index (χ3n) is 3.51. The molecule has 0 fully saturated rings. The van der Waals surface area contributed by atoms with Crippen molar-refractivity contribution in [2.24, 2.45) is 5.10 Å². The Labute approximate surface area is 158 Å². The molecule has 1 heterocycles. The summed E-state index contributed by atoms with van der Waals surface area (Å²) in [4.78, 5) is 0. The molecule has 1 N–H and O–H groups in total. The Kier molecular flexibility index (Phi) is 5.30. The van der Waals surface area contributed by atoms with Crippen molar-refractivity contribution in [2.75, 3.05) is 14.2 Å². The number of ether oxygens (including phenoxy) is 2. The second-order valence-corrected chi connectivity index (χ2v) is 6.21. The lowest BCUT2D eigenvalue weighted by molar-refractivity contribution is 0.354. The van der Waals surface area contributed by atoms with Gasteiger partial charge in [-0.1, -0.05) is 34.1 Å². The van der Waals surface area contributed by atoms with E-state index < -0.39 is 0 Å². The summed E-state index contributed by atoms with van der Waals surface area (Å²) in [7, 11) is 3.18. The van der Waals surface area contributed by atoms with Crippen molar-refractivity contribution in [1.82, 2.24) is 14.9 Å². The number of halogens is 1. The summed E-state index contributed by atoms with van der Waals surface area (Å²) in [6.07, 6.45) is 1.66. The number of hydrogen-bond acceptors (Lipinski definition) is 5. The lowest BCUT2D eigenvalue weighted by Crippen LogP contribution is -1.98. The third-order valence-corrected chi connectivity index (χ3v) is 4.47. The fourth-order valence-electron chi connectivity index (χ4n) is 2.35. The third kappa shape index (κ3) is 3.49. The molecule has 0 radical (unpaired) electrons. The van der Waals surface area contributed by atoms with Gasteiger partial charge in [-0.05, 0) is 36.5 Å². The highest BCUT2D eigenvalue weighted by molar-refractivity contribution is 9.10. The number of hydrogen-bond donors (Lipinski definition) is 1. The topological polar surface area (TPSA) is 64.4 Å². The average molecular weight is 419 g/mol. The minimum absolute atomic E-state index is 0.392. The van der Waals surface area contributed by atoms with E-state index in [4.69, 9.17) is 21.7 Å². The number of nitrogens with zero attached hydrogens (tertiary/aromatic N) is 3. The van der Waals surface area contributed by atoms with Gasteiger partial charge >= 0.3 is 0 Å². The molecule has 0 aliphatic heterocycles. The van der Waals surface area contributed by atoms with Crippen LogP contribution in [0.25, 0.3) is 11.4 Å². The number of rotatable bonds is 5. The Morgan fingerprint density at radius 1 is 1.16 bits per heavy atom. The molecule has 0 amide bonds. The van der Waals surface area contributed by atoms with Gasteiger partial charge in [-0.15, -0.1) is 0 Å². The fourth-order valence-corrected chi connectivity index (χ4v) is 2.99. The zero-order valence-corrected chi connectivity index (χ0v) is 16.0. The van der Waals surface area contributed by atoms with Crippen LogP contribution in [-0.4, -0.2) is 35.3 Å². The maximum Gasteiger partial charge on any atom is 0.216 e. The van der Waals surface area contributed by atoms with Gasteiger partial charge in [-0.2, -0.15) is 14.9 Å². The summed E-state index contributed by atoms with van der Waals surface area (Å²) in [5.41, 5.74) is 1.65. The number of nitrogens with one attached hydrogen (secondary N) is 1. The number of aromatic amines is 1. The molecule has 8 heteroatoms. The van der Waals surface area contributed by atoms with Gasteiger partial charge in [0.05, 0.1) is 20.4 Å². The van der Waals surface area contributed by atoms with E-state index in [0.717, 1.165) is 15.6 Å². The second-order valence-electron chi connectivity index (χ2n) is 4.97. The lowest BCUT2D eigenvalue weighted by atomic mass is 10.2. The van der Waals surface area contributed by atoms with Gasteiger partial charge in [-0.3, -0.25) is 0 Å². The van der Waals surface area contributed by atoms with Crippen molar-refractivity contribution in [2.45, 2.75) is 0 Å². The zero-order valence-electron chi connectivity index (χ0n) is 13.6. The predicted molar refractivity (Wildman–Crippen MR) is 103 cm³/mol. The molecule has 0 aliphatic carbocycles. The minimum Gasteiger partial charge on any atom is -0.493 e. The minimum atomic E-state index is 0.392. The summed E-state index contributed by atoms with van der Waals surface area (Å²) in [5, 5.41) is 11.5. The van der Waals surface area contributed by atoms with Gasteiger partial charge in [0.25, 0.3) is 0 Å². The van der Waals surface area contributed by atoms with E-state index in [-0.39, 0.29) is 0 Å². The van der Waals surface area contributed by atoms with E-state index >= 15 is 0 Å². The van der Waals surface area contributed by atoms with Crippen LogP contribution in [0.1, 0.15) is 5.56 Å². The predicted octanol–water partition coefficient (Wildman–Crippen LogP) is 4.27. The van der Waals surface area contributed by atoms with Crippen LogP contribution in [0.15, 0.2) is 52.0 Å². The van der Waals surface area contributed by atoms with Gasteiger partial charge in [0.15, 0.2) is 17.3 Å². The first kappa shape index (κ1) is 17.4. The van der Waals surface area contributed by atoms with Crippen LogP contribution in [0, 0.1) is 4.77 Å². The molecular formula is C17H15BrN4O2S. The summed E-state index contributed by atoms with van der Waals surface area (Å²) >= 11 is 8.83. The van der Waals surface area contributed by atoms with E-state index in [0.29, 0.717) is 22.1 Å². The highest BCUT2D eigenvalue weighted by atomic mass is 79.9. The zero-order chi connectivity index (χ0) is 17.8. The normalized spacial score (nSPS) is 11.0. The molecule has 128 valence electrons. The van der Waals surface area contributed by atoms with Crippen LogP contribution in [0.2, 0.25) is 0 Å². The molecule has 0 saturated heterocycles. The Balaban J connectivity index is 2.06. The molecule has 3 aromatic rings. The molecule has 0 unspecified atom stereocenters. The highest BCUT2D eigenvalue weighted by Gasteiger charge is 2.12. The number of aromatic nitrogens is 3. The van der Waals surface area contributed by atoms with Crippen LogP contribution in [0.3, 0.4) is 0 Å². The van der Waals surface area contributed by atoms with Crippen LogP contribution in [0.4, 0.5) is 0 Å². The first-order valence-electron chi connectivity index (χ1n) is 7.33. The molecule has 0 aliphatic rings. The van der Waals surface area contributed by atoms with Gasteiger partial charge in [0, 0.05) is 15.6 Å². The fraction of sp³-hybridized carbons (Fsp3) is 0.118. The van der Waals surface area contributed by atoms with Crippen LogP contribution < -0.4 is 9.47 Å². The van der Waals surface area contributed by atoms with Crippen LogP contribution >= 0.6 is 28.1 Å². The van der Waals surface area contributed by atoms with E-state index in [9.17, 15) is 0 Å². The number of H-pyrrole nitrogens is 1. The van der Waals surface area contributed by atoms with Crippen molar-refractivity contribution in [3.63, 3.8) is 0 Å². The Morgan fingerprint density at radius 2 is 1.96 bits per heavy atom. The molecule has 25 heavy (non-hydrogen) atoms.